The Balaban J connectivity index is 1.94. The van der Waals surface area contributed by atoms with E-state index in [0.717, 1.165) is 23.3 Å². The fourth-order valence-electron chi connectivity index (χ4n) is 2.62. The molecule has 178 valence electrons. The molecule has 0 aliphatic carbocycles. The van der Waals surface area contributed by atoms with Gasteiger partial charge in [-0.2, -0.15) is 5.10 Å². The number of carbonyl (C=O) groups is 2. The predicted molar refractivity (Wildman–Crippen MR) is 127 cm³/mol. The van der Waals surface area contributed by atoms with Gasteiger partial charge in [0.25, 0.3) is 5.91 Å². The lowest BCUT2D eigenvalue weighted by Gasteiger charge is -2.22. The summed E-state index contributed by atoms with van der Waals surface area (Å²) in [7, 11) is 0. The van der Waals surface area contributed by atoms with Gasteiger partial charge in [-0.05, 0) is 62.6 Å². The maximum absolute atomic E-state index is 12.7. The van der Waals surface area contributed by atoms with Crippen molar-refractivity contribution in [3.63, 3.8) is 0 Å². The highest BCUT2D eigenvalue weighted by Crippen LogP contribution is 2.11. The van der Waals surface area contributed by atoms with Crippen molar-refractivity contribution in [2.75, 3.05) is 13.2 Å². The van der Waals surface area contributed by atoms with E-state index >= 15 is 0 Å². The molecule has 0 bridgehead atoms. The summed E-state index contributed by atoms with van der Waals surface area (Å²) in [6.45, 7) is 8.20. The smallest absolute Gasteiger partial charge is 0.408 e. The second-order valence-corrected chi connectivity index (χ2v) is 8.35. The van der Waals surface area contributed by atoms with Crippen LogP contribution in [0.15, 0.2) is 59.7 Å². The van der Waals surface area contributed by atoms with E-state index in [9.17, 15) is 9.59 Å². The predicted octanol–water partition coefficient (Wildman–Crippen LogP) is 4.04. The lowest BCUT2D eigenvalue weighted by atomic mass is 10.2. The van der Waals surface area contributed by atoms with Crippen LogP contribution in [0, 0.1) is 0 Å². The van der Waals surface area contributed by atoms with Crippen molar-refractivity contribution in [2.24, 2.45) is 5.10 Å². The summed E-state index contributed by atoms with van der Waals surface area (Å²) in [5.74, 6) is 0.253. The molecule has 2 amide bonds. The Kier molecular flexibility index (Phi) is 10.4. The first kappa shape index (κ1) is 25.9. The molecule has 0 fully saturated rings. The van der Waals surface area contributed by atoms with Crippen LogP contribution in [0.5, 0.6) is 5.75 Å². The summed E-state index contributed by atoms with van der Waals surface area (Å²) in [5.41, 5.74) is 3.50. The summed E-state index contributed by atoms with van der Waals surface area (Å²) >= 11 is 0. The van der Waals surface area contributed by atoms with Crippen LogP contribution in [0.4, 0.5) is 4.79 Å². The molecule has 2 N–H and O–H groups in total. The van der Waals surface area contributed by atoms with E-state index in [1.165, 1.54) is 6.21 Å². The lowest BCUT2D eigenvalue weighted by molar-refractivity contribution is -0.124. The number of nitrogens with one attached hydrogen (secondary N) is 2. The van der Waals surface area contributed by atoms with Crippen LogP contribution in [-0.4, -0.2) is 43.1 Å². The van der Waals surface area contributed by atoms with Crippen molar-refractivity contribution in [1.29, 1.82) is 0 Å². The number of amides is 2. The van der Waals surface area contributed by atoms with Gasteiger partial charge in [-0.3, -0.25) is 4.79 Å². The standard InChI is InChI=1S/C25H33N3O5/c1-5-15-32-21-13-11-19(12-14-21)16-26-28-23(29)22(27-24(30)33-25(2,3)4)18-31-17-20-9-7-6-8-10-20/h6-14,16,22H,5,15,17-18H2,1-4H3,(H,27,30)(H,28,29)/b26-16-/t22-/m0/s1. The normalized spacial score (nSPS) is 12.2. The topological polar surface area (TPSA) is 98.3 Å². The zero-order valence-corrected chi connectivity index (χ0v) is 19.7. The second-order valence-electron chi connectivity index (χ2n) is 8.35. The van der Waals surface area contributed by atoms with Gasteiger partial charge in [0.05, 0.1) is 26.0 Å². The SMILES string of the molecule is CCCOc1ccc(/C=N\NC(=O)[C@H](COCc2ccccc2)NC(=O)OC(C)(C)C)cc1. The molecule has 0 saturated carbocycles. The zero-order chi connectivity index (χ0) is 24.1. The van der Waals surface area contributed by atoms with Gasteiger partial charge in [-0.25, -0.2) is 10.2 Å². The molecule has 0 aliphatic rings. The van der Waals surface area contributed by atoms with Crippen LogP contribution in [0.2, 0.25) is 0 Å². The van der Waals surface area contributed by atoms with Gasteiger partial charge in [0.1, 0.15) is 17.4 Å². The zero-order valence-electron chi connectivity index (χ0n) is 19.7. The third-order valence-electron chi connectivity index (χ3n) is 4.14. The van der Waals surface area contributed by atoms with E-state index in [0.29, 0.717) is 13.2 Å². The average Bonchev–Trinajstić information content (AvgIpc) is 2.77. The third kappa shape index (κ3) is 10.7. The molecule has 0 aliphatic heterocycles. The molecule has 2 rings (SSSR count). The molecule has 2 aromatic carbocycles. The van der Waals surface area contributed by atoms with E-state index < -0.39 is 23.6 Å². The van der Waals surface area contributed by atoms with Crippen molar-refractivity contribution < 1.29 is 23.8 Å². The van der Waals surface area contributed by atoms with E-state index in [4.69, 9.17) is 14.2 Å². The minimum Gasteiger partial charge on any atom is -0.494 e. The summed E-state index contributed by atoms with van der Waals surface area (Å²) in [6.07, 6.45) is 1.73. The average molecular weight is 456 g/mol. The molecule has 0 saturated heterocycles. The molecular formula is C25H33N3O5. The Bertz CT molecular complexity index is 893. The number of nitrogens with zero attached hydrogens (tertiary/aromatic N) is 1. The molecule has 1 atom stereocenters. The van der Waals surface area contributed by atoms with Crippen molar-refractivity contribution >= 4 is 18.2 Å². The number of hydrogen-bond acceptors (Lipinski definition) is 6. The van der Waals surface area contributed by atoms with Crippen molar-refractivity contribution in [1.82, 2.24) is 10.7 Å². The van der Waals surface area contributed by atoms with Crippen molar-refractivity contribution in [3.05, 3.63) is 65.7 Å². The highest BCUT2D eigenvalue weighted by molar-refractivity contribution is 5.87. The van der Waals surface area contributed by atoms with E-state index in [2.05, 4.69) is 15.8 Å². The molecule has 8 nitrogen and oxygen atoms in total. The summed E-state index contributed by atoms with van der Waals surface area (Å²) in [4.78, 5) is 24.8. The fraction of sp³-hybridized carbons (Fsp3) is 0.400. The third-order valence-corrected chi connectivity index (χ3v) is 4.14. The molecule has 0 radical (unpaired) electrons. The Labute approximate surface area is 195 Å². The molecule has 0 unspecified atom stereocenters. The summed E-state index contributed by atoms with van der Waals surface area (Å²) in [6, 6.07) is 15.9. The second kappa shape index (κ2) is 13.2. The molecule has 33 heavy (non-hydrogen) atoms. The van der Waals surface area contributed by atoms with Crippen LogP contribution < -0.4 is 15.5 Å². The van der Waals surface area contributed by atoms with Gasteiger partial charge in [-0.15, -0.1) is 0 Å². The van der Waals surface area contributed by atoms with Crippen LogP contribution in [0.1, 0.15) is 45.2 Å². The first-order valence-electron chi connectivity index (χ1n) is 10.9. The minimum absolute atomic E-state index is 0.0427. The van der Waals surface area contributed by atoms with E-state index in [1.807, 2.05) is 61.5 Å². The van der Waals surface area contributed by atoms with E-state index in [-0.39, 0.29) is 6.61 Å². The quantitative estimate of drug-likeness (QED) is 0.394. The van der Waals surface area contributed by atoms with Crippen molar-refractivity contribution in [2.45, 2.75) is 52.4 Å². The van der Waals surface area contributed by atoms with Crippen molar-refractivity contribution in [3.8, 4) is 5.75 Å². The number of hydrogen-bond donors (Lipinski definition) is 2. The van der Waals surface area contributed by atoms with Crippen LogP contribution in [0.25, 0.3) is 0 Å². The van der Waals surface area contributed by atoms with Gasteiger partial charge in [0.15, 0.2) is 0 Å². The number of rotatable bonds is 11. The number of hydrazone groups is 1. The minimum atomic E-state index is -0.981. The van der Waals surface area contributed by atoms with Gasteiger partial charge in [-0.1, -0.05) is 37.3 Å². The van der Waals surface area contributed by atoms with Crippen LogP contribution in [-0.2, 0) is 20.9 Å². The summed E-state index contributed by atoms with van der Waals surface area (Å²) < 4.78 is 16.5. The largest absolute Gasteiger partial charge is 0.494 e. The van der Waals surface area contributed by atoms with Gasteiger partial charge in [0.2, 0.25) is 0 Å². The van der Waals surface area contributed by atoms with E-state index in [1.54, 1.807) is 20.8 Å². The van der Waals surface area contributed by atoms with Gasteiger partial charge >= 0.3 is 6.09 Å². The van der Waals surface area contributed by atoms with Gasteiger partial charge in [0, 0.05) is 0 Å². The maximum Gasteiger partial charge on any atom is 0.408 e. The number of ether oxygens (including phenoxy) is 3. The fourth-order valence-corrected chi connectivity index (χ4v) is 2.62. The van der Waals surface area contributed by atoms with Crippen LogP contribution in [0.3, 0.4) is 0 Å². The van der Waals surface area contributed by atoms with Crippen LogP contribution >= 0.6 is 0 Å². The highest BCUT2D eigenvalue weighted by Gasteiger charge is 2.24. The number of alkyl carbamates (subject to hydrolysis) is 1. The Morgan fingerprint density at radius 2 is 1.76 bits per heavy atom. The monoisotopic (exact) mass is 455 g/mol. The molecule has 0 heterocycles. The maximum atomic E-state index is 12.7. The molecule has 8 heteroatoms. The first-order chi connectivity index (χ1) is 15.8. The molecule has 0 aromatic heterocycles. The highest BCUT2D eigenvalue weighted by atomic mass is 16.6. The number of benzene rings is 2. The molecule has 2 aromatic rings. The summed E-state index contributed by atoms with van der Waals surface area (Å²) in [5, 5.41) is 6.54. The Morgan fingerprint density at radius 1 is 1.06 bits per heavy atom. The lowest BCUT2D eigenvalue weighted by Crippen LogP contribution is -2.49. The number of carbonyl (C=O) groups excluding carboxylic acids is 2. The molecular weight excluding hydrogens is 422 g/mol. The first-order valence-corrected chi connectivity index (χ1v) is 10.9. The molecule has 0 spiro atoms. The Morgan fingerprint density at radius 3 is 2.39 bits per heavy atom. The Hall–Kier alpha value is -3.39. The van der Waals surface area contributed by atoms with Gasteiger partial charge < -0.3 is 19.5 Å².